The van der Waals surface area contributed by atoms with Gasteiger partial charge in [0.05, 0.1) is 6.54 Å². The van der Waals surface area contributed by atoms with Gasteiger partial charge in [0.1, 0.15) is 16.9 Å². The van der Waals surface area contributed by atoms with Crippen molar-refractivity contribution in [3.63, 3.8) is 0 Å². The van der Waals surface area contributed by atoms with Gasteiger partial charge in [-0.05, 0) is 11.6 Å². The van der Waals surface area contributed by atoms with E-state index in [2.05, 4.69) is 21.4 Å². The molecule has 0 N–H and O–H groups in total. The van der Waals surface area contributed by atoms with Crippen molar-refractivity contribution in [2.75, 3.05) is 0 Å². The van der Waals surface area contributed by atoms with Gasteiger partial charge in [-0.2, -0.15) is 5.26 Å². The summed E-state index contributed by atoms with van der Waals surface area (Å²) in [5, 5.41) is 17.6. The Morgan fingerprint density at radius 3 is 2.62 bits per heavy atom. The van der Waals surface area contributed by atoms with Crippen LogP contribution in [-0.2, 0) is 6.54 Å². The van der Waals surface area contributed by atoms with Crippen LogP contribution < -0.4 is 0 Å². The van der Waals surface area contributed by atoms with E-state index in [0.717, 1.165) is 11.1 Å². The van der Waals surface area contributed by atoms with E-state index in [1.165, 1.54) is 0 Å². The van der Waals surface area contributed by atoms with Gasteiger partial charge in [0.15, 0.2) is 5.69 Å². The van der Waals surface area contributed by atoms with Gasteiger partial charge in [-0.15, -0.1) is 5.10 Å². The van der Waals surface area contributed by atoms with E-state index in [1.807, 2.05) is 36.4 Å². The van der Waals surface area contributed by atoms with E-state index in [9.17, 15) is 5.26 Å². The highest BCUT2D eigenvalue weighted by Crippen LogP contribution is 2.22. The molecule has 0 spiro atoms. The van der Waals surface area contributed by atoms with Crippen molar-refractivity contribution < 1.29 is 0 Å². The Bertz CT molecular complexity index is 787. The van der Waals surface area contributed by atoms with Crippen LogP contribution in [0.3, 0.4) is 0 Å². The molecule has 0 saturated heterocycles. The number of pyridine rings is 1. The number of nitriles is 1. The van der Waals surface area contributed by atoms with Crippen LogP contribution in [-0.4, -0.2) is 20.0 Å². The van der Waals surface area contributed by atoms with E-state index in [4.69, 9.17) is 11.6 Å². The molecule has 0 aliphatic heterocycles. The number of benzene rings is 1. The van der Waals surface area contributed by atoms with Crippen LogP contribution in [0.5, 0.6) is 0 Å². The van der Waals surface area contributed by atoms with Crippen LogP contribution in [0.15, 0.2) is 48.7 Å². The maximum absolute atomic E-state index is 9.20. The van der Waals surface area contributed by atoms with Gasteiger partial charge in [-0.1, -0.05) is 53.2 Å². The third kappa shape index (κ3) is 2.76. The van der Waals surface area contributed by atoms with Crippen molar-refractivity contribution in [2.24, 2.45) is 0 Å². The molecule has 1 aromatic carbocycles. The SMILES string of the molecule is N#Cc1nnn(Cc2ccc(Cl)nc2)c1-c1ccccc1. The fourth-order valence-electron chi connectivity index (χ4n) is 2.05. The Morgan fingerprint density at radius 2 is 1.95 bits per heavy atom. The average Bonchev–Trinajstić information content (AvgIpc) is 2.93. The molecule has 2 aromatic heterocycles. The summed E-state index contributed by atoms with van der Waals surface area (Å²) in [7, 11) is 0. The monoisotopic (exact) mass is 295 g/mol. The minimum Gasteiger partial charge on any atom is -0.244 e. The third-order valence-corrected chi connectivity index (χ3v) is 3.23. The molecule has 0 saturated carbocycles. The molecule has 5 nitrogen and oxygen atoms in total. The van der Waals surface area contributed by atoms with E-state index >= 15 is 0 Å². The second-order valence-electron chi connectivity index (χ2n) is 4.41. The lowest BCUT2D eigenvalue weighted by atomic mass is 10.1. The number of aromatic nitrogens is 4. The highest BCUT2D eigenvalue weighted by Gasteiger charge is 2.14. The summed E-state index contributed by atoms with van der Waals surface area (Å²) in [6.45, 7) is 0.475. The minimum atomic E-state index is 0.308. The molecule has 21 heavy (non-hydrogen) atoms. The lowest BCUT2D eigenvalue weighted by Crippen LogP contribution is -2.04. The van der Waals surface area contributed by atoms with Gasteiger partial charge >= 0.3 is 0 Å². The topological polar surface area (TPSA) is 67.4 Å². The first-order valence-electron chi connectivity index (χ1n) is 6.27. The molecule has 0 unspecified atom stereocenters. The maximum Gasteiger partial charge on any atom is 0.190 e. The second-order valence-corrected chi connectivity index (χ2v) is 4.80. The number of halogens is 1. The van der Waals surface area contributed by atoms with Gasteiger partial charge in [-0.25, -0.2) is 9.67 Å². The minimum absolute atomic E-state index is 0.308. The molecule has 0 aliphatic carbocycles. The van der Waals surface area contributed by atoms with Crippen LogP contribution in [0.2, 0.25) is 5.15 Å². The Morgan fingerprint density at radius 1 is 1.14 bits per heavy atom. The Kier molecular flexibility index (Phi) is 3.63. The van der Waals surface area contributed by atoms with Crippen molar-refractivity contribution in [3.8, 4) is 17.3 Å². The standard InChI is InChI=1S/C15H10ClN5/c16-14-7-6-11(9-18-14)10-21-15(13(8-17)19-20-21)12-4-2-1-3-5-12/h1-7,9H,10H2. The van der Waals surface area contributed by atoms with Gasteiger partial charge in [0.25, 0.3) is 0 Å². The molecular formula is C15H10ClN5. The lowest BCUT2D eigenvalue weighted by molar-refractivity contribution is 0.654. The predicted octanol–water partition coefficient (Wildman–Crippen LogP) is 2.91. The molecule has 0 atom stereocenters. The van der Waals surface area contributed by atoms with Crippen molar-refractivity contribution in [1.82, 2.24) is 20.0 Å². The first kappa shape index (κ1) is 13.3. The molecule has 0 radical (unpaired) electrons. The molecule has 0 aliphatic rings. The second kappa shape index (κ2) is 5.73. The Hall–Kier alpha value is -2.71. The zero-order valence-corrected chi connectivity index (χ0v) is 11.7. The number of nitrogens with zero attached hydrogens (tertiary/aromatic N) is 5. The van der Waals surface area contributed by atoms with Gasteiger partial charge in [0, 0.05) is 11.8 Å². The fourth-order valence-corrected chi connectivity index (χ4v) is 2.17. The third-order valence-electron chi connectivity index (χ3n) is 3.01. The van der Waals surface area contributed by atoms with Crippen LogP contribution in [0.25, 0.3) is 11.3 Å². The van der Waals surface area contributed by atoms with Gasteiger partial charge in [0.2, 0.25) is 0 Å². The lowest BCUT2D eigenvalue weighted by Gasteiger charge is -2.06. The molecule has 0 amide bonds. The van der Waals surface area contributed by atoms with Crippen LogP contribution >= 0.6 is 11.6 Å². The summed E-state index contributed by atoms with van der Waals surface area (Å²) < 4.78 is 1.69. The zero-order chi connectivity index (χ0) is 14.7. The van der Waals surface area contributed by atoms with Crippen LogP contribution in [0, 0.1) is 11.3 Å². The molecule has 102 valence electrons. The first-order chi connectivity index (χ1) is 10.3. The highest BCUT2D eigenvalue weighted by atomic mass is 35.5. The molecule has 3 aromatic rings. The van der Waals surface area contributed by atoms with Crippen LogP contribution in [0.4, 0.5) is 0 Å². The summed E-state index contributed by atoms with van der Waals surface area (Å²) in [6, 6.07) is 15.3. The summed E-state index contributed by atoms with van der Waals surface area (Å²) in [5.41, 5.74) is 2.85. The number of hydrogen-bond donors (Lipinski definition) is 0. The van der Waals surface area contributed by atoms with Crippen molar-refractivity contribution in [2.45, 2.75) is 6.54 Å². The van der Waals surface area contributed by atoms with E-state index in [-0.39, 0.29) is 0 Å². The Balaban J connectivity index is 2.02. The number of hydrogen-bond acceptors (Lipinski definition) is 4. The molecule has 0 bridgehead atoms. The smallest absolute Gasteiger partial charge is 0.190 e. The molecule has 3 rings (SSSR count). The predicted molar refractivity (Wildman–Crippen MR) is 78.5 cm³/mol. The quantitative estimate of drug-likeness (QED) is 0.697. The molecule has 0 fully saturated rings. The van der Waals surface area contributed by atoms with E-state index in [1.54, 1.807) is 16.9 Å². The van der Waals surface area contributed by atoms with Crippen molar-refractivity contribution in [1.29, 1.82) is 5.26 Å². The normalized spacial score (nSPS) is 10.3. The Labute approximate surface area is 126 Å². The average molecular weight is 296 g/mol. The first-order valence-corrected chi connectivity index (χ1v) is 6.65. The van der Waals surface area contributed by atoms with Crippen molar-refractivity contribution >= 4 is 11.6 Å². The summed E-state index contributed by atoms with van der Waals surface area (Å²) in [4.78, 5) is 4.04. The van der Waals surface area contributed by atoms with E-state index in [0.29, 0.717) is 23.1 Å². The largest absolute Gasteiger partial charge is 0.244 e. The summed E-state index contributed by atoms with van der Waals surface area (Å²) >= 11 is 5.78. The molecule has 6 heteroatoms. The van der Waals surface area contributed by atoms with E-state index < -0.39 is 0 Å². The highest BCUT2D eigenvalue weighted by molar-refractivity contribution is 6.29. The van der Waals surface area contributed by atoms with Gasteiger partial charge in [-0.3, -0.25) is 0 Å². The molecular weight excluding hydrogens is 286 g/mol. The van der Waals surface area contributed by atoms with Gasteiger partial charge < -0.3 is 0 Å². The maximum atomic E-state index is 9.20. The summed E-state index contributed by atoms with van der Waals surface area (Å²) in [5.74, 6) is 0. The summed E-state index contributed by atoms with van der Waals surface area (Å²) in [6.07, 6.45) is 1.69. The number of rotatable bonds is 3. The van der Waals surface area contributed by atoms with Crippen molar-refractivity contribution in [3.05, 3.63) is 65.1 Å². The molecule has 2 heterocycles. The van der Waals surface area contributed by atoms with Crippen LogP contribution in [0.1, 0.15) is 11.3 Å². The zero-order valence-electron chi connectivity index (χ0n) is 10.9. The fraction of sp³-hybridized carbons (Fsp3) is 0.0667.